The average Bonchev–Trinajstić information content (AvgIpc) is 3.33. The van der Waals surface area contributed by atoms with E-state index in [-0.39, 0.29) is 5.91 Å². The first-order valence-corrected chi connectivity index (χ1v) is 11.6. The smallest absolute Gasteiger partial charge is 0.220 e. The van der Waals surface area contributed by atoms with E-state index in [1.807, 2.05) is 11.6 Å². The Bertz CT molecular complexity index is 1010. The second-order valence-corrected chi connectivity index (χ2v) is 9.29. The monoisotopic (exact) mass is 439 g/mol. The van der Waals surface area contributed by atoms with Crippen LogP contribution in [0.1, 0.15) is 45.4 Å². The van der Waals surface area contributed by atoms with E-state index in [1.165, 1.54) is 16.0 Å². The van der Waals surface area contributed by atoms with Crippen molar-refractivity contribution >= 4 is 17.2 Å². The van der Waals surface area contributed by atoms with Gasteiger partial charge in [0.1, 0.15) is 0 Å². The minimum absolute atomic E-state index is 0.0623. The highest BCUT2D eigenvalue weighted by atomic mass is 32.1. The quantitative estimate of drug-likeness (QED) is 0.551. The van der Waals surface area contributed by atoms with Gasteiger partial charge in [0.25, 0.3) is 0 Å². The van der Waals surface area contributed by atoms with E-state index in [9.17, 15) is 4.79 Å². The highest BCUT2D eigenvalue weighted by Crippen LogP contribution is 2.20. The predicted octanol–water partition coefficient (Wildman–Crippen LogP) is 2.44. The van der Waals surface area contributed by atoms with Crippen LogP contribution < -0.4 is 5.32 Å². The maximum Gasteiger partial charge on any atom is 0.220 e. The summed E-state index contributed by atoms with van der Waals surface area (Å²) in [6.45, 7) is 8.01. The van der Waals surface area contributed by atoms with Gasteiger partial charge in [-0.2, -0.15) is 0 Å². The molecule has 0 atom stereocenters. The first kappa shape index (κ1) is 21.6. The van der Waals surface area contributed by atoms with Crippen LogP contribution in [0.4, 0.5) is 0 Å². The largest absolute Gasteiger partial charge is 0.356 e. The molecule has 4 rings (SSSR count). The van der Waals surface area contributed by atoms with Gasteiger partial charge in [0.15, 0.2) is 5.82 Å². The van der Waals surface area contributed by atoms with Crippen molar-refractivity contribution in [2.45, 2.75) is 59.2 Å². The molecule has 0 saturated heterocycles. The van der Waals surface area contributed by atoms with Crippen LogP contribution in [-0.4, -0.2) is 49.1 Å². The summed E-state index contributed by atoms with van der Waals surface area (Å²) >= 11 is 1.70. The Hall–Kier alpha value is -2.65. The van der Waals surface area contributed by atoms with Gasteiger partial charge in [-0.1, -0.05) is 24.3 Å². The zero-order chi connectivity index (χ0) is 21.6. The number of nitrogens with one attached hydrogen (secondary N) is 1. The number of fused-ring (bicyclic) bond motifs is 1. The number of rotatable bonds is 9. The first-order valence-electron chi connectivity index (χ1n) is 10.8. The number of hydrogen-bond acceptors (Lipinski definition) is 7. The van der Waals surface area contributed by atoms with E-state index in [0.717, 1.165) is 49.0 Å². The van der Waals surface area contributed by atoms with Gasteiger partial charge in [-0.05, 0) is 48.2 Å². The van der Waals surface area contributed by atoms with Crippen molar-refractivity contribution in [2.75, 3.05) is 13.1 Å². The summed E-state index contributed by atoms with van der Waals surface area (Å²) in [6.07, 6.45) is 3.01. The highest BCUT2D eigenvalue weighted by molar-refractivity contribution is 7.11. The lowest BCUT2D eigenvalue weighted by Crippen LogP contribution is -2.31. The lowest BCUT2D eigenvalue weighted by atomic mass is 10.00. The third-order valence-corrected chi connectivity index (χ3v) is 6.82. The zero-order valence-corrected chi connectivity index (χ0v) is 19.0. The van der Waals surface area contributed by atoms with Gasteiger partial charge in [-0.15, -0.1) is 16.4 Å². The molecule has 1 aliphatic rings. The van der Waals surface area contributed by atoms with Crippen molar-refractivity contribution in [1.29, 1.82) is 0 Å². The number of amides is 1. The van der Waals surface area contributed by atoms with Crippen LogP contribution in [0, 0.1) is 13.8 Å². The van der Waals surface area contributed by atoms with Crippen LogP contribution in [0.2, 0.25) is 0 Å². The fourth-order valence-corrected chi connectivity index (χ4v) is 4.77. The summed E-state index contributed by atoms with van der Waals surface area (Å²) in [4.78, 5) is 20.3. The summed E-state index contributed by atoms with van der Waals surface area (Å²) in [5, 5.41) is 16.3. The molecule has 0 spiro atoms. The molecule has 3 heterocycles. The van der Waals surface area contributed by atoms with E-state index in [2.05, 4.69) is 61.9 Å². The molecule has 0 radical (unpaired) electrons. The van der Waals surface area contributed by atoms with Crippen LogP contribution in [0.3, 0.4) is 0 Å². The molecular formula is C22H29N7OS. The fourth-order valence-electron chi connectivity index (χ4n) is 3.83. The molecule has 0 saturated carbocycles. The number of aromatic nitrogens is 5. The molecule has 1 amide bonds. The molecule has 0 unspecified atom stereocenters. The topological polar surface area (TPSA) is 88.8 Å². The Balaban J connectivity index is 1.19. The molecule has 0 aliphatic carbocycles. The summed E-state index contributed by atoms with van der Waals surface area (Å²) in [6, 6.07) is 8.60. The van der Waals surface area contributed by atoms with Crippen LogP contribution in [-0.2, 0) is 37.3 Å². The molecular weight excluding hydrogens is 410 g/mol. The average molecular weight is 440 g/mol. The summed E-state index contributed by atoms with van der Waals surface area (Å²) < 4.78 is 1.83. The lowest BCUT2D eigenvalue weighted by molar-refractivity contribution is -0.121. The molecule has 1 aliphatic heterocycles. The summed E-state index contributed by atoms with van der Waals surface area (Å²) in [5.41, 5.74) is 3.90. The molecule has 2 aromatic heterocycles. The van der Waals surface area contributed by atoms with Crippen LogP contribution in [0.5, 0.6) is 0 Å². The fraction of sp³-hybridized carbons (Fsp3) is 0.500. The maximum atomic E-state index is 12.2. The third kappa shape index (κ3) is 5.74. The minimum Gasteiger partial charge on any atom is -0.356 e. The second-order valence-electron chi connectivity index (χ2n) is 8.00. The van der Waals surface area contributed by atoms with Crippen molar-refractivity contribution in [2.24, 2.45) is 0 Å². The van der Waals surface area contributed by atoms with Gasteiger partial charge in [0.05, 0.1) is 17.2 Å². The number of carbonyl (C=O) groups excluding carboxylic acids is 1. The number of tetrazole rings is 1. The van der Waals surface area contributed by atoms with E-state index >= 15 is 0 Å². The summed E-state index contributed by atoms with van der Waals surface area (Å²) in [5.74, 6) is 0.918. The molecule has 1 aromatic carbocycles. The van der Waals surface area contributed by atoms with E-state index < -0.39 is 0 Å². The molecule has 164 valence electrons. The second kappa shape index (κ2) is 10.1. The van der Waals surface area contributed by atoms with Crippen molar-refractivity contribution in [3.05, 3.63) is 56.8 Å². The van der Waals surface area contributed by atoms with Crippen LogP contribution in [0.25, 0.3) is 0 Å². The number of thiazole rings is 1. The molecule has 3 aromatic rings. The number of aryl methyl sites for hydroxylation is 3. The van der Waals surface area contributed by atoms with Crippen molar-refractivity contribution in [3.63, 3.8) is 0 Å². The van der Waals surface area contributed by atoms with Gasteiger partial charge in [0, 0.05) is 43.9 Å². The zero-order valence-electron chi connectivity index (χ0n) is 18.2. The van der Waals surface area contributed by atoms with Crippen molar-refractivity contribution < 1.29 is 4.79 Å². The summed E-state index contributed by atoms with van der Waals surface area (Å²) in [7, 11) is 0. The Morgan fingerprint density at radius 1 is 1.23 bits per heavy atom. The minimum atomic E-state index is 0.0623. The van der Waals surface area contributed by atoms with E-state index in [1.54, 1.807) is 11.3 Å². The highest BCUT2D eigenvalue weighted by Gasteiger charge is 2.18. The molecule has 9 heteroatoms. The molecule has 8 nitrogen and oxygen atoms in total. The number of carbonyl (C=O) groups is 1. The standard InChI is InChI=1S/C22H29N7OS/c1-16-17(2)31-22(24-16)9-11-23-21(30)8-5-12-29-20(25-26-27-29)15-28-13-10-18-6-3-4-7-19(18)14-28/h3-4,6-7H,5,8-15H2,1-2H3,(H,23,30). The molecule has 0 bridgehead atoms. The number of nitrogens with zero attached hydrogens (tertiary/aromatic N) is 6. The third-order valence-electron chi connectivity index (χ3n) is 5.69. The van der Waals surface area contributed by atoms with Crippen LogP contribution >= 0.6 is 11.3 Å². The molecule has 0 fully saturated rings. The van der Waals surface area contributed by atoms with Gasteiger partial charge in [-0.25, -0.2) is 9.67 Å². The van der Waals surface area contributed by atoms with Gasteiger partial charge in [0.2, 0.25) is 5.91 Å². The Morgan fingerprint density at radius 3 is 2.87 bits per heavy atom. The van der Waals surface area contributed by atoms with Gasteiger partial charge >= 0.3 is 0 Å². The number of benzene rings is 1. The van der Waals surface area contributed by atoms with Crippen molar-refractivity contribution in [1.82, 2.24) is 35.4 Å². The molecule has 31 heavy (non-hydrogen) atoms. The lowest BCUT2D eigenvalue weighted by Gasteiger charge is -2.28. The van der Waals surface area contributed by atoms with E-state index in [4.69, 9.17) is 0 Å². The maximum absolute atomic E-state index is 12.2. The number of hydrogen-bond donors (Lipinski definition) is 1. The predicted molar refractivity (Wildman–Crippen MR) is 120 cm³/mol. The van der Waals surface area contributed by atoms with E-state index in [0.29, 0.717) is 25.9 Å². The Labute approximate surface area is 186 Å². The van der Waals surface area contributed by atoms with Gasteiger partial charge < -0.3 is 5.32 Å². The first-order chi connectivity index (χ1) is 15.1. The Kier molecular flexibility index (Phi) is 7.03. The normalized spacial score (nSPS) is 13.9. The SMILES string of the molecule is Cc1nc(CCNC(=O)CCCn2nnnc2CN2CCc3ccccc3C2)sc1C. The van der Waals surface area contributed by atoms with Crippen LogP contribution in [0.15, 0.2) is 24.3 Å². The molecule has 1 N–H and O–H groups in total. The van der Waals surface area contributed by atoms with Gasteiger partial charge in [-0.3, -0.25) is 9.69 Å². The van der Waals surface area contributed by atoms with Crippen molar-refractivity contribution in [3.8, 4) is 0 Å². The Morgan fingerprint density at radius 2 is 2.06 bits per heavy atom.